The second-order valence-electron chi connectivity index (χ2n) is 7.92. The molecule has 38 heavy (non-hydrogen) atoms. The van der Waals surface area contributed by atoms with Crippen LogP contribution < -0.4 is 39.5 Å². The molecule has 0 fully saturated rings. The summed E-state index contributed by atoms with van der Waals surface area (Å²) in [7, 11) is 9.26. The number of anilines is 2. The number of nitrogens with two attached hydrogens (primary N) is 1. The fourth-order valence-electron chi connectivity index (χ4n) is 3.78. The third-order valence-corrected chi connectivity index (χ3v) is 5.59. The summed E-state index contributed by atoms with van der Waals surface area (Å²) in [5, 5.41) is 2.86. The number of hydrogen-bond acceptors (Lipinski definition) is 8. The van der Waals surface area contributed by atoms with Crippen molar-refractivity contribution in [3.8, 4) is 34.5 Å². The van der Waals surface area contributed by atoms with Gasteiger partial charge in [-0.2, -0.15) is 0 Å². The van der Waals surface area contributed by atoms with Crippen LogP contribution in [-0.4, -0.2) is 48.6 Å². The highest BCUT2D eigenvalue weighted by Gasteiger charge is 2.13. The minimum absolute atomic E-state index is 0.345. The van der Waals surface area contributed by atoms with Gasteiger partial charge in [-0.25, -0.2) is 0 Å². The van der Waals surface area contributed by atoms with Crippen LogP contribution in [-0.2, 0) is 4.79 Å². The summed E-state index contributed by atoms with van der Waals surface area (Å²) in [6.45, 7) is 0. The van der Waals surface area contributed by atoms with E-state index in [1.807, 2.05) is 36.4 Å². The summed E-state index contributed by atoms with van der Waals surface area (Å²) in [5.41, 5.74) is 9.31. The van der Waals surface area contributed by atoms with Gasteiger partial charge < -0.3 is 39.5 Å². The summed E-state index contributed by atoms with van der Waals surface area (Å²) >= 11 is 0. The molecule has 0 aliphatic rings. The van der Waals surface area contributed by atoms with Gasteiger partial charge in [-0.05, 0) is 59.2 Å². The smallest absolute Gasteiger partial charge is 0.248 e. The summed E-state index contributed by atoms with van der Waals surface area (Å²) in [5.74, 6) is 2.71. The molecule has 3 aromatic rings. The van der Waals surface area contributed by atoms with Crippen molar-refractivity contribution in [3.63, 3.8) is 0 Å². The Balaban J connectivity index is 1.82. The number of benzene rings is 3. The van der Waals surface area contributed by atoms with Gasteiger partial charge in [-0.1, -0.05) is 18.2 Å². The van der Waals surface area contributed by atoms with Crippen molar-refractivity contribution >= 4 is 35.5 Å². The maximum Gasteiger partial charge on any atom is 0.248 e. The first kappa shape index (κ1) is 27.8. The first-order valence-electron chi connectivity index (χ1n) is 11.5. The molecular weight excluding hydrogens is 488 g/mol. The minimum atomic E-state index is -0.345. The Morgan fingerprint density at radius 2 is 1.16 bits per heavy atom. The SMILES string of the molecule is COc1ccc(C=Cc2cc(OC)c(OC)c(OC)c2)cc1NC(=O)/C=C/c1cc(N)c(OC)c(OC)c1. The van der Waals surface area contributed by atoms with E-state index in [-0.39, 0.29) is 5.91 Å². The van der Waals surface area contributed by atoms with Crippen LogP contribution in [0.1, 0.15) is 16.7 Å². The molecule has 0 atom stereocenters. The molecule has 3 aromatic carbocycles. The number of nitrogen functional groups attached to an aromatic ring is 1. The molecule has 200 valence electrons. The van der Waals surface area contributed by atoms with E-state index in [2.05, 4.69) is 5.32 Å². The second-order valence-corrected chi connectivity index (χ2v) is 7.92. The number of carbonyl (C=O) groups excluding carboxylic acids is 1. The van der Waals surface area contributed by atoms with Gasteiger partial charge in [0.1, 0.15) is 5.75 Å². The van der Waals surface area contributed by atoms with Crippen molar-refractivity contribution in [2.45, 2.75) is 0 Å². The van der Waals surface area contributed by atoms with E-state index in [4.69, 9.17) is 34.2 Å². The van der Waals surface area contributed by atoms with Gasteiger partial charge in [0, 0.05) is 6.08 Å². The second kappa shape index (κ2) is 13.0. The molecule has 0 bridgehead atoms. The van der Waals surface area contributed by atoms with Gasteiger partial charge in [0.15, 0.2) is 23.0 Å². The Hall–Kier alpha value is -4.79. The molecule has 0 aromatic heterocycles. The van der Waals surface area contributed by atoms with E-state index < -0.39 is 0 Å². The predicted molar refractivity (Wildman–Crippen MR) is 150 cm³/mol. The number of hydrogen-bond donors (Lipinski definition) is 2. The zero-order chi connectivity index (χ0) is 27.7. The molecule has 0 spiro atoms. The number of carbonyl (C=O) groups is 1. The van der Waals surface area contributed by atoms with Gasteiger partial charge in [0.2, 0.25) is 11.7 Å². The fourth-order valence-corrected chi connectivity index (χ4v) is 3.78. The average molecular weight is 521 g/mol. The van der Waals surface area contributed by atoms with E-state index in [1.165, 1.54) is 20.3 Å². The number of methoxy groups -OCH3 is 6. The summed E-state index contributed by atoms with van der Waals surface area (Å²) in [6, 6.07) is 12.6. The maximum atomic E-state index is 12.7. The van der Waals surface area contributed by atoms with Crippen LogP contribution in [0.15, 0.2) is 48.5 Å². The Kier molecular flexibility index (Phi) is 9.48. The van der Waals surface area contributed by atoms with Gasteiger partial charge in [0.25, 0.3) is 0 Å². The zero-order valence-electron chi connectivity index (χ0n) is 22.3. The van der Waals surface area contributed by atoms with Gasteiger partial charge >= 0.3 is 0 Å². The fraction of sp³-hybridized carbons (Fsp3) is 0.207. The Morgan fingerprint density at radius 1 is 0.632 bits per heavy atom. The van der Waals surface area contributed by atoms with Crippen molar-refractivity contribution in [1.82, 2.24) is 0 Å². The highest BCUT2D eigenvalue weighted by atomic mass is 16.5. The van der Waals surface area contributed by atoms with Crippen LogP contribution in [0.4, 0.5) is 11.4 Å². The third kappa shape index (κ3) is 6.50. The topological polar surface area (TPSA) is 111 Å². The lowest BCUT2D eigenvalue weighted by molar-refractivity contribution is -0.111. The number of rotatable bonds is 11. The monoisotopic (exact) mass is 520 g/mol. The van der Waals surface area contributed by atoms with E-state index in [9.17, 15) is 4.79 Å². The quantitative estimate of drug-likeness (QED) is 0.203. The molecule has 1 amide bonds. The molecule has 3 rings (SSSR count). The third-order valence-electron chi connectivity index (χ3n) is 5.59. The molecule has 0 aliphatic carbocycles. The van der Waals surface area contributed by atoms with Gasteiger partial charge in [-0.3, -0.25) is 4.79 Å². The van der Waals surface area contributed by atoms with E-state index >= 15 is 0 Å². The lowest BCUT2D eigenvalue weighted by Gasteiger charge is -2.13. The first-order chi connectivity index (χ1) is 18.4. The van der Waals surface area contributed by atoms with Crippen molar-refractivity contribution < 1.29 is 33.2 Å². The summed E-state index contributed by atoms with van der Waals surface area (Å²) in [4.78, 5) is 12.7. The highest BCUT2D eigenvalue weighted by molar-refractivity contribution is 6.03. The van der Waals surface area contributed by atoms with E-state index in [0.717, 1.165) is 11.1 Å². The predicted octanol–water partition coefficient (Wildman–Crippen LogP) is 5.14. The molecule has 0 unspecified atom stereocenters. The van der Waals surface area contributed by atoms with Gasteiger partial charge in [-0.15, -0.1) is 0 Å². The maximum absolute atomic E-state index is 12.7. The molecule has 9 heteroatoms. The number of nitrogens with one attached hydrogen (secondary N) is 1. The lowest BCUT2D eigenvalue weighted by atomic mass is 10.1. The number of ether oxygens (including phenoxy) is 6. The van der Waals surface area contributed by atoms with Crippen LogP contribution in [0.25, 0.3) is 18.2 Å². The van der Waals surface area contributed by atoms with Crippen LogP contribution in [0.5, 0.6) is 34.5 Å². The Bertz CT molecular complexity index is 1320. The summed E-state index contributed by atoms with van der Waals surface area (Å²) in [6.07, 6.45) is 6.84. The van der Waals surface area contributed by atoms with Crippen molar-refractivity contribution in [2.24, 2.45) is 0 Å². The van der Waals surface area contributed by atoms with Crippen LogP contribution in [0.3, 0.4) is 0 Å². The molecule has 0 heterocycles. The largest absolute Gasteiger partial charge is 0.495 e. The molecule has 0 radical (unpaired) electrons. The number of amides is 1. The Labute approximate surface area is 222 Å². The molecule has 0 saturated carbocycles. The molecular formula is C29H32N2O7. The van der Waals surface area contributed by atoms with E-state index in [1.54, 1.807) is 52.7 Å². The molecule has 0 aliphatic heterocycles. The van der Waals surface area contributed by atoms with Crippen LogP contribution in [0.2, 0.25) is 0 Å². The molecule has 9 nitrogen and oxygen atoms in total. The normalized spacial score (nSPS) is 10.9. The lowest BCUT2D eigenvalue weighted by Crippen LogP contribution is -2.09. The van der Waals surface area contributed by atoms with Crippen molar-refractivity contribution in [3.05, 3.63) is 65.2 Å². The van der Waals surface area contributed by atoms with Crippen LogP contribution in [0, 0.1) is 0 Å². The standard InChI is InChI=1S/C29H32N2O7/c1-33-23-11-9-18(7-8-20-16-25(35-3)29(38-6)26(17-20)36-4)14-22(23)31-27(32)12-10-19-13-21(30)28(37-5)24(15-19)34-2/h7-17H,30H2,1-6H3,(H,31,32)/b8-7?,12-10+. The van der Waals surface area contributed by atoms with Crippen molar-refractivity contribution in [2.75, 3.05) is 53.7 Å². The zero-order valence-corrected chi connectivity index (χ0v) is 22.3. The minimum Gasteiger partial charge on any atom is -0.495 e. The summed E-state index contributed by atoms with van der Waals surface area (Å²) < 4.78 is 32.2. The first-order valence-corrected chi connectivity index (χ1v) is 11.5. The van der Waals surface area contributed by atoms with Crippen LogP contribution >= 0.6 is 0 Å². The van der Waals surface area contributed by atoms with E-state index in [0.29, 0.717) is 51.4 Å². The van der Waals surface area contributed by atoms with Crippen molar-refractivity contribution in [1.29, 1.82) is 0 Å². The Morgan fingerprint density at radius 3 is 1.71 bits per heavy atom. The van der Waals surface area contributed by atoms with Gasteiger partial charge in [0.05, 0.1) is 54.0 Å². The highest BCUT2D eigenvalue weighted by Crippen LogP contribution is 2.39. The average Bonchev–Trinajstić information content (AvgIpc) is 2.93. The molecule has 3 N–H and O–H groups in total. The molecule has 0 saturated heterocycles.